The van der Waals surface area contributed by atoms with E-state index in [0.29, 0.717) is 19.5 Å². The number of carboxylic acids is 1. The molecular formula is C12H22N2O4. The molecule has 18 heavy (non-hydrogen) atoms. The first-order valence-electron chi connectivity index (χ1n) is 6.15. The molecule has 0 aromatic carbocycles. The molecule has 0 aromatic heterocycles. The zero-order valence-corrected chi connectivity index (χ0v) is 11.2. The van der Waals surface area contributed by atoms with Gasteiger partial charge in [0.2, 0.25) is 0 Å². The van der Waals surface area contributed by atoms with E-state index in [9.17, 15) is 9.59 Å². The minimum Gasteiger partial charge on any atom is -0.480 e. The van der Waals surface area contributed by atoms with E-state index < -0.39 is 17.6 Å². The summed E-state index contributed by atoms with van der Waals surface area (Å²) < 4.78 is 5.26. The van der Waals surface area contributed by atoms with Gasteiger partial charge in [-0.15, -0.1) is 0 Å². The molecule has 0 spiro atoms. The number of ether oxygens (including phenoxy) is 1. The van der Waals surface area contributed by atoms with Crippen molar-refractivity contribution in [2.75, 3.05) is 13.1 Å². The number of nitrogens with zero attached hydrogens (tertiary/aromatic N) is 1. The van der Waals surface area contributed by atoms with E-state index >= 15 is 0 Å². The quantitative estimate of drug-likeness (QED) is 0.789. The zero-order valence-electron chi connectivity index (χ0n) is 11.2. The number of carboxylic acid groups (broad SMARTS) is 1. The van der Waals surface area contributed by atoms with E-state index in [1.165, 1.54) is 0 Å². The standard InChI is InChI=1S/C12H22N2O4/c1-12(2,3)18-11(17)14-5-4-8(7-14)6-9(13)10(15)16/h8-9H,4-7,13H2,1-3H3,(H,15,16)/t8-,9+/m1/s1. The molecule has 0 aromatic rings. The van der Waals surface area contributed by atoms with Gasteiger partial charge in [0.25, 0.3) is 0 Å². The number of hydrogen-bond donors (Lipinski definition) is 2. The van der Waals surface area contributed by atoms with Gasteiger partial charge in [-0.05, 0) is 39.5 Å². The fourth-order valence-electron chi connectivity index (χ4n) is 1.98. The van der Waals surface area contributed by atoms with Crippen molar-refractivity contribution in [3.8, 4) is 0 Å². The highest BCUT2D eigenvalue weighted by atomic mass is 16.6. The first kappa shape index (κ1) is 14.8. The third-order valence-corrected chi connectivity index (χ3v) is 2.84. The predicted molar refractivity (Wildman–Crippen MR) is 66.1 cm³/mol. The van der Waals surface area contributed by atoms with E-state index in [4.69, 9.17) is 15.6 Å². The van der Waals surface area contributed by atoms with Crippen LogP contribution in [0.2, 0.25) is 0 Å². The van der Waals surface area contributed by atoms with Gasteiger partial charge in [-0.2, -0.15) is 0 Å². The van der Waals surface area contributed by atoms with Crippen LogP contribution in [0.15, 0.2) is 0 Å². The number of carbonyl (C=O) groups excluding carboxylic acids is 1. The summed E-state index contributed by atoms with van der Waals surface area (Å²) in [6.45, 7) is 6.58. The Balaban J connectivity index is 2.41. The number of likely N-dealkylation sites (tertiary alicyclic amines) is 1. The summed E-state index contributed by atoms with van der Waals surface area (Å²) in [5.74, 6) is -0.852. The summed E-state index contributed by atoms with van der Waals surface area (Å²) in [6, 6.07) is -0.853. The lowest BCUT2D eigenvalue weighted by atomic mass is 10.00. The minimum absolute atomic E-state index is 0.142. The first-order chi connectivity index (χ1) is 8.19. The van der Waals surface area contributed by atoms with E-state index in [0.717, 1.165) is 6.42 Å². The normalized spacial score (nSPS) is 21.8. The SMILES string of the molecule is CC(C)(C)OC(=O)N1CC[C@H](C[C@H](N)C(=O)O)C1. The van der Waals surface area contributed by atoms with E-state index in [1.807, 2.05) is 20.8 Å². The van der Waals surface area contributed by atoms with E-state index in [2.05, 4.69) is 0 Å². The Bertz CT molecular complexity index is 325. The van der Waals surface area contributed by atoms with Gasteiger partial charge in [0.15, 0.2) is 0 Å². The third kappa shape index (κ3) is 4.52. The Morgan fingerprint density at radius 1 is 1.50 bits per heavy atom. The maximum atomic E-state index is 11.8. The summed E-state index contributed by atoms with van der Waals surface area (Å²) in [7, 11) is 0. The number of amides is 1. The molecule has 1 aliphatic heterocycles. The van der Waals surface area contributed by atoms with Crippen LogP contribution in [0.3, 0.4) is 0 Å². The largest absolute Gasteiger partial charge is 0.480 e. The summed E-state index contributed by atoms with van der Waals surface area (Å²) in [4.78, 5) is 24.1. The fourth-order valence-corrected chi connectivity index (χ4v) is 1.98. The highest BCUT2D eigenvalue weighted by Gasteiger charge is 2.31. The first-order valence-corrected chi connectivity index (χ1v) is 6.15. The number of aliphatic carboxylic acids is 1. The Morgan fingerprint density at radius 3 is 2.61 bits per heavy atom. The van der Waals surface area contributed by atoms with Crippen molar-refractivity contribution in [3.05, 3.63) is 0 Å². The van der Waals surface area contributed by atoms with Gasteiger partial charge < -0.3 is 20.5 Å². The van der Waals surface area contributed by atoms with Crippen molar-refractivity contribution in [1.29, 1.82) is 0 Å². The summed E-state index contributed by atoms with van der Waals surface area (Å²) >= 11 is 0. The van der Waals surface area contributed by atoms with Gasteiger partial charge in [-0.3, -0.25) is 4.79 Å². The molecule has 0 aliphatic carbocycles. The second-order valence-electron chi connectivity index (χ2n) is 5.76. The molecule has 1 aliphatic rings. The molecule has 104 valence electrons. The third-order valence-electron chi connectivity index (χ3n) is 2.84. The molecule has 0 radical (unpaired) electrons. The van der Waals surface area contributed by atoms with Crippen LogP contribution < -0.4 is 5.73 Å². The van der Waals surface area contributed by atoms with Crippen molar-refractivity contribution in [1.82, 2.24) is 4.90 Å². The van der Waals surface area contributed by atoms with Gasteiger partial charge in [0, 0.05) is 13.1 Å². The lowest BCUT2D eigenvalue weighted by molar-refractivity contribution is -0.138. The molecule has 0 unspecified atom stereocenters. The van der Waals surface area contributed by atoms with Crippen molar-refractivity contribution < 1.29 is 19.4 Å². The minimum atomic E-state index is -0.995. The molecule has 1 rings (SSSR count). The zero-order chi connectivity index (χ0) is 13.9. The summed E-state index contributed by atoms with van der Waals surface area (Å²) in [5.41, 5.74) is 4.98. The molecule has 0 bridgehead atoms. The number of nitrogens with two attached hydrogens (primary N) is 1. The van der Waals surface area contributed by atoms with Crippen LogP contribution >= 0.6 is 0 Å². The Morgan fingerprint density at radius 2 is 2.11 bits per heavy atom. The fraction of sp³-hybridized carbons (Fsp3) is 0.833. The van der Waals surface area contributed by atoms with Crippen LogP contribution in [-0.2, 0) is 9.53 Å². The van der Waals surface area contributed by atoms with Crippen molar-refractivity contribution in [3.63, 3.8) is 0 Å². The van der Waals surface area contributed by atoms with Crippen molar-refractivity contribution >= 4 is 12.1 Å². The van der Waals surface area contributed by atoms with Crippen molar-refractivity contribution in [2.24, 2.45) is 11.7 Å². The van der Waals surface area contributed by atoms with Crippen LogP contribution in [0.25, 0.3) is 0 Å². The molecular weight excluding hydrogens is 236 g/mol. The number of rotatable bonds is 3. The molecule has 1 fully saturated rings. The van der Waals surface area contributed by atoms with E-state index in [1.54, 1.807) is 4.90 Å². The maximum absolute atomic E-state index is 11.8. The van der Waals surface area contributed by atoms with Crippen LogP contribution in [-0.4, -0.2) is 46.8 Å². The van der Waals surface area contributed by atoms with Gasteiger partial charge in [0.05, 0.1) is 0 Å². The van der Waals surface area contributed by atoms with E-state index in [-0.39, 0.29) is 12.0 Å². The second-order valence-corrected chi connectivity index (χ2v) is 5.76. The van der Waals surface area contributed by atoms with Crippen LogP contribution in [0, 0.1) is 5.92 Å². The highest BCUT2D eigenvalue weighted by Crippen LogP contribution is 2.22. The van der Waals surface area contributed by atoms with Crippen LogP contribution in [0.4, 0.5) is 4.79 Å². The summed E-state index contributed by atoms with van der Waals surface area (Å²) in [6.07, 6.45) is 0.836. The van der Waals surface area contributed by atoms with Gasteiger partial charge in [-0.25, -0.2) is 4.79 Å². The molecule has 2 atom stereocenters. The highest BCUT2D eigenvalue weighted by molar-refractivity contribution is 5.73. The predicted octanol–water partition coefficient (Wildman–Crippen LogP) is 1.05. The second kappa shape index (κ2) is 5.56. The average Bonchev–Trinajstić information content (AvgIpc) is 2.63. The smallest absolute Gasteiger partial charge is 0.410 e. The maximum Gasteiger partial charge on any atom is 0.410 e. The average molecular weight is 258 g/mol. The van der Waals surface area contributed by atoms with Crippen molar-refractivity contribution in [2.45, 2.75) is 45.3 Å². The van der Waals surface area contributed by atoms with Gasteiger partial charge in [0.1, 0.15) is 11.6 Å². The Kier molecular flexibility index (Phi) is 4.56. The molecule has 6 nitrogen and oxygen atoms in total. The molecule has 3 N–H and O–H groups in total. The molecule has 6 heteroatoms. The molecule has 1 heterocycles. The molecule has 0 saturated carbocycles. The van der Waals surface area contributed by atoms with Crippen LogP contribution in [0.1, 0.15) is 33.6 Å². The summed E-state index contributed by atoms with van der Waals surface area (Å²) in [5, 5.41) is 8.74. The Labute approximate surface area is 107 Å². The topological polar surface area (TPSA) is 92.9 Å². The molecule has 1 amide bonds. The lowest BCUT2D eigenvalue weighted by Gasteiger charge is -2.24. The van der Waals surface area contributed by atoms with Crippen LogP contribution in [0.5, 0.6) is 0 Å². The van der Waals surface area contributed by atoms with Gasteiger partial charge >= 0.3 is 12.1 Å². The Hall–Kier alpha value is -1.30. The lowest BCUT2D eigenvalue weighted by Crippen LogP contribution is -2.36. The molecule has 1 saturated heterocycles. The number of carbonyl (C=O) groups is 2. The number of hydrogen-bond acceptors (Lipinski definition) is 4. The monoisotopic (exact) mass is 258 g/mol. The van der Waals surface area contributed by atoms with Gasteiger partial charge in [-0.1, -0.05) is 0 Å².